The van der Waals surface area contributed by atoms with Crippen molar-refractivity contribution in [2.45, 2.75) is 31.8 Å². The minimum absolute atomic E-state index is 0.0788. The standard InChI is InChI=1S/C15H23N3O/c1-18(2)11-12-4-3-5-14(10-12)17-15(19)8-9-16-13-6-7-13/h3-5,10,13,16H,6-9,11H2,1-2H3,(H,17,19). The largest absolute Gasteiger partial charge is 0.326 e. The van der Waals surface area contributed by atoms with Gasteiger partial charge in [-0.3, -0.25) is 4.79 Å². The van der Waals surface area contributed by atoms with Crippen molar-refractivity contribution in [3.63, 3.8) is 0 Å². The first kappa shape index (κ1) is 14.0. The first-order valence-corrected chi connectivity index (χ1v) is 6.90. The van der Waals surface area contributed by atoms with Gasteiger partial charge in [-0.15, -0.1) is 0 Å². The number of amides is 1. The molecule has 1 aliphatic carbocycles. The van der Waals surface area contributed by atoms with Gasteiger partial charge in [0, 0.05) is 31.2 Å². The van der Waals surface area contributed by atoms with Crippen LogP contribution in [0, 0.1) is 0 Å². The Bertz CT molecular complexity index is 427. The van der Waals surface area contributed by atoms with E-state index in [0.717, 1.165) is 18.8 Å². The Morgan fingerprint density at radius 2 is 2.16 bits per heavy atom. The van der Waals surface area contributed by atoms with Gasteiger partial charge in [0.1, 0.15) is 0 Å². The summed E-state index contributed by atoms with van der Waals surface area (Å²) in [6.07, 6.45) is 3.05. The van der Waals surface area contributed by atoms with E-state index >= 15 is 0 Å². The molecule has 104 valence electrons. The van der Waals surface area contributed by atoms with Crippen molar-refractivity contribution < 1.29 is 4.79 Å². The average molecular weight is 261 g/mol. The highest BCUT2D eigenvalue weighted by Crippen LogP contribution is 2.18. The van der Waals surface area contributed by atoms with E-state index in [9.17, 15) is 4.79 Å². The molecule has 0 atom stereocenters. The summed E-state index contributed by atoms with van der Waals surface area (Å²) in [5.41, 5.74) is 2.09. The smallest absolute Gasteiger partial charge is 0.225 e. The minimum atomic E-state index is 0.0788. The Labute approximate surface area is 115 Å². The fourth-order valence-corrected chi connectivity index (χ4v) is 2.01. The molecule has 0 bridgehead atoms. The van der Waals surface area contributed by atoms with Crippen molar-refractivity contribution in [2.75, 3.05) is 26.0 Å². The lowest BCUT2D eigenvalue weighted by Gasteiger charge is -2.11. The number of nitrogens with zero attached hydrogens (tertiary/aromatic N) is 1. The number of nitrogens with one attached hydrogen (secondary N) is 2. The maximum atomic E-state index is 11.8. The molecule has 0 aliphatic heterocycles. The number of anilines is 1. The highest BCUT2D eigenvalue weighted by molar-refractivity contribution is 5.90. The molecular formula is C15H23N3O. The van der Waals surface area contributed by atoms with Gasteiger partial charge in [0.2, 0.25) is 5.91 Å². The summed E-state index contributed by atoms with van der Waals surface area (Å²) < 4.78 is 0. The van der Waals surface area contributed by atoms with Crippen LogP contribution in [0.1, 0.15) is 24.8 Å². The van der Waals surface area contributed by atoms with Crippen LogP contribution in [0.15, 0.2) is 24.3 Å². The SMILES string of the molecule is CN(C)Cc1cccc(NC(=O)CCNC2CC2)c1. The Kier molecular flexibility index (Phi) is 4.93. The highest BCUT2D eigenvalue weighted by atomic mass is 16.1. The molecule has 19 heavy (non-hydrogen) atoms. The normalized spacial score (nSPS) is 14.7. The predicted molar refractivity (Wildman–Crippen MR) is 78.1 cm³/mol. The van der Waals surface area contributed by atoms with Crippen molar-refractivity contribution in [3.8, 4) is 0 Å². The highest BCUT2D eigenvalue weighted by Gasteiger charge is 2.20. The first-order chi connectivity index (χ1) is 9.13. The summed E-state index contributed by atoms with van der Waals surface area (Å²) in [7, 11) is 4.07. The summed E-state index contributed by atoms with van der Waals surface area (Å²) in [6.45, 7) is 1.65. The lowest BCUT2D eigenvalue weighted by molar-refractivity contribution is -0.116. The van der Waals surface area contributed by atoms with Crippen molar-refractivity contribution >= 4 is 11.6 Å². The molecule has 0 aromatic heterocycles. The molecule has 4 heteroatoms. The second kappa shape index (κ2) is 6.68. The molecule has 0 radical (unpaired) electrons. The monoisotopic (exact) mass is 261 g/mol. The van der Waals surface area contributed by atoms with Crippen molar-refractivity contribution in [1.82, 2.24) is 10.2 Å². The third kappa shape index (κ3) is 5.41. The second-order valence-corrected chi connectivity index (χ2v) is 5.46. The van der Waals surface area contributed by atoms with E-state index in [1.165, 1.54) is 18.4 Å². The number of rotatable bonds is 7. The fraction of sp³-hybridized carbons (Fsp3) is 0.533. The molecular weight excluding hydrogens is 238 g/mol. The molecule has 1 amide bonds. The number of carbonyl (C=O) groups is 1. The molecule has 1 saturated carbocycles. The van der Waals surface area contributed by atoms with Crippen molar-refractivity contribution in [1.29, 1.82) is 0 Å². The van der Waals surface area contributed by atoms with Gasteiger partial charge in [-0.2, -0.15) is 0 Å². The van der Waals surface area contributed by atoms with E-state index in [-0.39, 0.29) is 5.91 Å². The fourth-order valence-electron chi connectivity index (χ4n) is 2.01. The van der Waals surface area contributed by atoms with Gasteiger partial charge >= 0.3 is 0 Å². The molecule has 2 rings (SSSR count). The molecule has 0 saturated heterocycles. The van der Waals surface area contributed by atoms with Crippen LogP contribution >= 0.6 is 0 Å². The number of hydrogen-bond donors (Lipinski definition) is 2. The first-order valence-electron chi connectivity index (χ1n) is 6.90. The van der Waals surface area contributed by atoms with Gasteiger partial charge in [0.25, 0.3) is 0 Å². The summed E-state index contributed by atoms with van der Waals surface area (Å²) >= 11 is 0. The Morgan fingerprint density at radius 1 is 1.37 bits per heavy atom. The molecule has 0 unspecified atom stereocenters. The summed E-state index contributed by atoms with van der Waals surface area (Å²) in [4.78, 5) is 13.9. The lowest BCUT2D eigenvalue weighted by atomic mass is 10.2. The molecule has 0 heterocycles. The van der Waals surface area contributed by atoms with E-state index in [4.69, 9.17) is 0 Å². The number of carbonyl (C=O) groups excluding carboxylic acids is 1. The number of hydrogen-bond acceptors (Lipinski definition) is 3. The molecule has 2 N–H and O–H groups in total. The third-order valence-corrected chi connectivity index (χ3v) is 3.07. The average Bonchev–Trinajstić information content (AvgIpc) is 3.12. The summed E-state index contributed by atoms with van der Waals surface area (Å²) in [6, 6.07) is 8.69. The van der Waals surface area contributed by atoms with Crippen LogP contribution in [0.4, 0.5) is 5.69 Å². The van der Waals surface area contributed by atoms with Crippen LogP contribution in [-0.4, -0.2) is 37.5 Å². The molecule has 1 aromatic carbocycles. The van der Waals surface area contributed by atoms with Gasteiger partial charge in [-0.1, -0.05) is 12.1 Å². The van der Waals surface area contributed by atoms with Crippen LogP contribution in [0.2, 0.25) is 0 Å². The molecule has 1 fully saturated rings. The van der Waals surface area contributed by atoms with Gasteiger partial charge in [0.05, 0.1) is 0 Å². The molecule has 4 nitrogen and oxygen atoms in total. The zero-order valence-electron chi connectivity index (χ0n) is 11.8. The molecule has 1 aliphatic rings. The maximum Gasteiger partial charge on any atom is 0.225 e. The maximum absolute atomic E-state index is 11.8. The Morgan fingerprint density at radius 3 is 2.84 bits per heavy atom. The van der Waals surface area contributed by atoms with Gasteiger partial charge in [-0.25, -0.2) is 0 Å². The van der Waals surface area contributed by atoms with E-state index in [2.05, 4.69) is 21.6 Å². The lowest BCUT2D eigenvalue weighted by Crippen LogP contribution is -2.23. The minimum Gasteiger partial charge on any atom is -0.326 e. The van der Waals surface area contributed by atoms with Crippen molar-refractivity contribution in [3.05, 3.63) is 29.8 Å². The summed E-state index contributed by atoms with van der Waals surface area (Å²) in [5, 5.41) is 6.30. The van der Waals surface area contributed by atoms with Crippen LogP contribution in [0.3, 0.4) is 0 Å². The van der Waals surface area contributed by atoms with Crippen LogP contribution in [0.5, 0.6) is 0 Å². The number of benzene rings is 1. The van der Waals surface area contributed by atoms with Crippen LogP contribution in [0.25, 0.3) is 0 Å². The van der Waals surface area contributed by atoms with E-state index in [1.54, 1.807) is 0 Å². The Hall–Kier alpha value is -1.39. The van der Waals surface area contributed by atoms with E-state index in [1.807, 2.05) is 32.3 Å². The van der Waals surface area contributed by atoms with Crippen molar-refractivity contribution in [2.24, 2.45) is 0 Å². The van der Waals surface area contributed by atoms with E-state index in [0.29, 0.717) is 12.5 Å². The van der Waals surface area contributed by atoms with Gasteiger partial charge in [-0.05, 0) is 44.6 Å². The third-order valence-electron chi connectivity index (χ3n) is 3.07. The van der Waals surface area contributed by atoms with Gasteiger partial charge in [0.15, 0.2) is 0 Å². The van der Waals surface area contributed by atoms with Gasteiger partial charge < -0.3 is 15.5 Å². The molecule has 1 aromatic rings. The Balaban J connectivity index is 1.78. The molecule has 0 spiro atoms. The van der Waals surface area contributed by atoms with E-state index < -0.39 is 0 Å². The van der Waals surface area contributed by atoms with Crippen LogP contribution in [-0.2, 0) is 11.3 Å². The zero-order chi connectivity index (χ0) is 13.7. The topological polar surface area (TPSA) is 44.4 Å². The quantitative estimate of drug-likeness (QED) is 0.787. The second-order valence-electron chi connectivity index (χ2n) is 5.46. The summed E-state index contributed by atoms with van der Waals surface area (Å²) in [5.74, 6) is 0.0788. The van der Waals surface area contributed by atoms with Crippen LogP contribution < -0.4 is 10.6 Å². The predicted octanol–water partition coefficient (Wildman–Crippen LogP) is 1.83. The zero-order valence-corrected chi connectivity index (χ0v) is 11.8.